The fourth-order valence-electron chi connectivity index (χ4n) is 2.23. The van der Waals surface area contributed by atoms with E-state index in [0.717, 1.165) is 5.56 Å². The lowest BCUT2D eigenvalue weighted by molar-refractivity contribution is 0.0937. The van der Waals surface area contributed by atoms with E-state index in [2.05, 4.69) is 5.32 Å². The van der Waals surface area contributed by atoms with E-state index in [9.17, 15) is 9.18 Å². The largest absolute Gasteiger partial charge is 0.348 e. The van der Waals surface area contributed by atoms with Crippen LogP contribution in [0.5, 0.6) is 0 Å². The number of benzene rings is 2. The summed E-state index contributed by atoms with van der Waals surface area (Å²) >= 11 is 0. The van der Waals surface area contributed by atoms with Gasteiger partial charge in [-0.2, -0.15) is 0 Å². The Balaban J connectivity index is 2.05. The van der Waals surface area contributed by atoms with E-state index >= 15 is 0 Å². The standard InChI is InChI=1S/C17H19FN2O/c1-12-7-14(10-15(18)8-12)17(21)20-16(11-19)9-13-5-3-2-4-6-13/h2-8,10,16H,9,11,19H2,1H3,(H,20,21). The molecule has 0 saturated heterocycles. The number of halogens is 1. The summed E-state index contributed by atoms with van der Waals surface area (Å²) in [5, 5.41) is 2.86. The van der Waals surface area contributed by atoms with E-state index in [1.54, 1.807) is 13.0 Å². The highest BCUT2D eigenvalue weighted by molar-refractivity contribution is 5.94. The smallest absolute Gasteiger partial charge is 0.251 e. The highest BCUT2D eigenvalue weighted by atomic mass is 19.1. The third kappa shape index (κ3) is 4.39. The Kier molecular flexibility index (Phi) is 5.06. The highest BCUT2D eigenvalue weighted by Crippen LogP contribution is 2.09. The summed E-state index contributed by atoms with van der Waals surface area (Å²) in [4.78, 5) is 12.2. The van der Waals surface area contributed by atoms with Crippen LogP contribution in [-0.4, -0.2) is 18.5 Å². The second-order valence-corrected chi connectivity index (χ2v) is 5.11. The van der Waals surface area contributed by atoms with Crippen LogP contribution in [0.15, 0.2) is 48.5 Å². The Hall–Kier alpha value is -2.20. The van der Waals surface area contributed by atoms with Crippen molar-refractivity contribution >= 4 is 5.91 Å². The molecule has 0 fully saturated rings. The summed E-state index contributed by atoms with van der Waals surface area (Å²) in [7, 11) is 0. The van der Waals surface area contributed by atoms with Gasteiger partial charge in [0.2, 0.25) is 0 Å². The number of nitrogens with one attached hydrogen (secondary N) is 1. The van der Waals surface area contributed by atoms with Crippen molar-refractivity contribution in [1.29, 1.82) is 0 Å². The number of amides is 1. The van der Waals surface area contributed by atoms with E-state index in [1.165, 1.54) is 12.1 Å². The Morgan fingerprint density at radius 3 is 2.57 bits per heavy atom. The van der Waals surface area contributed by atoms with Gasteiger partial charge in [0.25, 0.3) is 5.91 Å². The van der Waals surface area contributed by atoms with Crippen LogP contribution in [0.1, 0.15) is 21.5 Å². The normalized spacial score (nSPS) is 12.0. The summed E-state index contributed by atoms with van der Waals surface area (Å²) in [5.74, 6) is -0.712. The van der Waals surface area contributed by atoms with Gasteiger partial charge in [-0.3, -0.25) is 4.79 Å². The van der Waals surface area contributed by atoms with Crippen LogP contribution in [0.4, 0.5) is 4.39 Å². The minimum Gasteiger partial charge on any atom is -0.348 e. The first-order valence-corrected chi connectivity index (χ1v) is 6.90. The van der Waals surface area contributed by atoms with Crippen LogP contribution < -0.4 is 11.1 Å². The molecular weight excluding hydrogens is 267 g/mol. The maximum atomic E-state index is 13.3. The van der Waals surface area contributed by atoms with Crippen LogP contribution >= 0.6 is 0 Å². The molecule has 0 radical (unpaired) electrons. The average molecular weight is 286 g/mol. The molecule has 0 aliphatic heterocycles. The topological polar surface area (TPSA) is 55.1 Å². The molecule has 0 aromatic heterocycles. The number of carbonyl (C=O) groups excluding carboxylic acids is 1. The van der Waals surface area contributed by atoms with Gasteiger partial charge in [-0.25, -0.2) is 4.39 Å². The molecule has 3 nitrogen and oxygen atoms in total. The Morgan fingerprint density at radius 1 is 1.24 bits per heavy atom. The quantitative estimate of drug-likeness (QED) is 0.887. The van der Waals surface area contributed by atoms with E-state index in [1.807, 2.05) is 30.3 Å². The SMILES string of the molecule is Cc1cc(F)cc(C(=O)NC(CN)Cc2ccccc2)c1. The molecule has 0 spiro atoms. The Labute approximate surface area is 124 Å². The summed E-state index contributed by atoms with van der Waals surface area (Å²) in [6.07, 6.45) is 0.650. The predicted molar refractivity (Wildman–Crippen MR) is 81.6 cm³/mol. The van der Waals surface area contributed by atoms with Gasteiger partial charge < -0.3 is 11.1 Å². The van der Waals surface area contributed by atoms with E-state index < -0.39 is 5.82 Å². The number of hydrogen-bond acceptors (Lipinski definition) is 2. The molecule has 4 heteroatoms. The van der Waals surface area contributed by atoms with Gasteiger partial charge in [-0.05, 0) is 42.7 Å². The molecular formula is C17H19FN2O. The van der Waals surface area contributed by atoms with Crippen molar-refractivity contribution in [3.05, 3.63) is 71.0 Å². The molecule has 0 aliphatic rings. The number of hydrogen-bond donors (Lipinski definition) is 2. The van der Waals surface area contributed by atoms with Crippen molar-refractivity contribution in [2.75, 3.05) is 6.54 Å². The molecule has 3 N–H and O–H groups in total. The lowest BCUT2D eigenvalue weighted by Gasteiger charge is -2.17. The van der Waals surface area contributed by atoms with Crippen LogP contribution in [0.3, 0.4) is 0 Å². The predicted octanol–water partition coefficient (Wildman–Crippen LogP) is 2.43. The first kappa shape index (κ1) is 15.2. The molecule has 0 bridgehead atoms. The second kappa shape index (κ2) is 6.99. The molecule has 0 aliphatic carbocycles. The number of nitrogens with two attached hydrogens (primary N) is 1. The monoisotopic (exact) mass is 286 g/mol. The zero-order chi connectivity index (χ0) is 15.2. The zero-order valence-electron chi connectivity index (χ0n) is 12.0. The van der Waals surface area contributed by atoms with Gasteiger partial charge in [0, 0.05) is 18.2 Å². The minimum atomic E-state index is -0.410. The molecule has 1 amide bonds. The van der Waals surface area contributed by atoms with E-state index in [0.29, 0.717) is 24.1 Å². The maximum absolute atomic E-state index is 13.3. The molecule has 2 aromatic carbocycles. The molecule has 1 unspecified atom stereocenters. The zero-order valence-corrected chi connectivity index (χ0v) is 12.0. The number of carbonyl (C=O) groups is 1. The number of aryl methyl sites for hydroxylation is 1. The summed E-state index contributed by atoms with van der Waals surface area (Å²) < 4.78 is 13.3. The maximum Gasteiger partial charge on any atom is 0.251 e. The van der Waals surface area contributed by atoms with Crippen LogP contribution in [0, 0.1) is 12.7 Å². The van der Waals surface area contributed by atoms with Crippen molar-refractivity contribution < 1.29 is 9.18 Å². The van der Waals surface area contributed by atoms with Crippen molar-refractivity contribution in [1.82, 2.24) is 5.32 Å². The Morgan fingerprint density at radius 2 is 1.95 bits per heavy atom. The third-order valence-corrected chi connectivity index (χ3v) is 3.25. The second-order valence-electron chi connectivity index (χ2n) is 5.11. The molecule has 2 rings (SSSR count). The molecule has 0 heterocycles. The van der Waals surface area contributed by atoms with E-state index in [-0.39, 0.29) is 11.9 Å². The lowest BCUT2D eigenvalue weighted by Crippen LogP contribution is -2.41. The third-order valence-electron chi connectivity index (χ3n) is 3.25. The Bertz CT molecular complexity index is 593. The fourth-order valence-corrected chi connectivity index (χ4v) is 2.23. The minimum absolute atomic E-state index is 0.177. The fraction of sp³-hybridized carbons (Fsp3) is 0.235. The van der Waals surface area contributed by atoms with Crippen LogP contribution in [0.25, 0.3) is 0 Å². The van der Waals surface area contributed by atoms with Crippen molar-refractivity contribution in [2.24, 2.45) is 5.73 Å². The highest BCUT2D eigenvalue weighted by Gasteiger charge is 2.14. The van der Waals surface area contributed by atoms with Crippen LogP contribution in [0.2, 0.25) is 0 Å². The number of rotatable bonds is 5. The molecule has 0 saturated carbocycles. The lowest BCUT2D eigenvalue weighted by atomic mass is 10.0. The van der Waals surface area contributed by atoms with Crippen LogP contribution in [-0.2, 0) is 6.42 Å². The summed E-state index contributed by atoms with van der Waals surface area (Å²) in [5.41, 5.74) is 7.85. The molecule has 2 aromatic rings. The molecule has 21 heavy (non-hydrogen) atoms. The van der Waals surface area contributed by atoms with E-state index in [4.69, 9.17) is 5.73 Å². The van der Waals surface area contributed by atoms with Gasteiger partial charge in [0.1, 0.15) is 5.82 Å². The van der Waals surface area contributed by atoms with Gasteiger partial charge in [0.05, 0.1) is 0 Å². The van der Waals surface area contributed by atoms with Gasteiger partial charge in [0.15, 0.2) is 0 Å². The molecule has 1 atom stereocenters. The van der Waals surface area contributed by atoms with Gasteiger partial charge >= 0.3 is 0 Å². The average Bonchev–Trinajstić information content (AvgIpc) is 2.46. The van der Waals surface area contributed by atoms with Gasteiger partial charge in [-0.15, -0.1) is 0 Å². The first-order chi connectivity index (χ1) is 10.1. The van der Waals surface area contributed by atoms with Gasteiger partial charge in [-0.1, -0.05) is 30.3 Å². The first-order valence-electron chi connectivity index (χ1n) is 6.90. The van der Waals surface area contributed by atoms with Crippen molar-refractivity contribution in [3.8, 4) is 0 Å². The summed E-state index contributed by atoms with van der Waals surface area (Å²) in [6.45, 7) is 2.08. The summed E-state index contributed by atoms with van der Waals surface area (Å²) in [6, 6.07) is 13.9. The molecule has 110 valence electrons. The van der Waals surface area contributed by atoms with Crippen molar-refractivity contribution in [2.45, 2.75) is 19.4 Å². The van der Waals surface area contributed by atoms with Crippen molar-refractivity contribution in [3.63, 3.8) is 0 Å².